The van der Waals surface area contributed by atoms with Crippen LogP contribution < -0.4 is 4.90 Å². The van der Waals surface area contributed by atoms with Crippen molar-refractivity contribution in [3.05, 3.63) is 29.8 Å². The van der Waals surface area contributed by atoms with Gasteiger partial charge in [-0.1, -0.05) is 25.5 Å². The molecule has 1 saturated heterocycles. The standard InChI is InChI=1S/C14H21NO/c1-3-5-12-6-4-7-13(10-12)15-9-8-14(11-15)16-2/h4,6-7,10,14H,3,5,8-9,11H2,1-2H3. The van der Waals surface area contributed by atoms with Crippen LogP contribution >= 0.6 is 0 Å². The molecule has 0 spiro atoms. The van der Waals surface area contributed by atoms with Gasteiger partial charge in [0.2, 0.25) is 0 Å². The molecule has 0 aromatic heterocycles. The van der Waals surface area contributed by atoms with Crippen molar-refractivity contribution in [3.63, 3.8) is 0 Å². The lowest BCUT2D eigenvalue weighted by atomic mass is 10.1. The molecule has 1 fully saturated rings. The zero-order chi connectivity index (χ0) is 11.4. The lowest BCUT2D eigenvalue weighted by Gasteiger charge is -2.19. The number of benzene rings is 1. The maximum Gasteiger partial charge on any atom is 0.0762 e. The lowest BCUT2D eigenvalue weighted by Crippen LogP contribution is -2.22. The van der Waals surface area contributed by atoms with Gasteiger partial charge in [0, 0.05) is 25.9 Å². The summed E-state index contributed by atoms with van der Waals surface area (Å²) in [5, 5.41) is 0. The zero-order valence-corrected chi connectivity index (χ0v) is 10.3. The van der Waals surface area contributed by atoms with Gasteiger partial charge in [-0.25, -0.2) is 0 Å². The highest BCUT2D eigenvalue weighted by molar-refractivity contribution is 5.49. The van der Waals surface area contributed by atoms with Gasteiger partial charge in [-0.3, -0.25) is 0 Å². The highest BCUT2D eigenvalue weighted by Crippen LogP contribution is 2.22. The first-order valence-corrected chi connectivity index (χ1v) is 6.20. The number of hydrogen-bond acceptors (Lipinski definition) is 2. The molecule has 2 rings (SSSR count). The molecule has 0 bridgehead atoms. The van der Waals surface area contributed by atoms with Crippen LogP contribution in [0.4, 0.5) is 5.69 Å². The van der Waals surface area contributed by atoms with Crippen LogP contribution in [0.2, 0.25) is 0 Å². The quantitative estimate of drug-likeness (QED) is 0.772. The third-order valence-electron chi connectivity index (χ3n) is 3.29. The maximum absolute atomic E-state index is 5.40. The Morgan fingerprint density at radius 1 is 1.44 bits per heavy atom. The van der Waals surface area contributed by atoms with E-state index < -0.39 is 0 Å². The Kier molecular flexibility index (Phi) is 3.83. The first-order valence-electron chi connectivity index (χ1n) is 6.20. The largest absolute Gasteiger partial charge is 0.380 e. The fourth-order valence-electron chi connectivity index (χ4n) is 2.35. The Bertz CT molecular complexity index is 337. The molecule has 16 heavy (non-hydrogen) atoms. The SMILES string of the molecule is CCCc1cccc(N2CCC(OC)C2)c1. The van der Waals surface area contributed by atoms with E-state index in [0.29, 0.717) is 6.10 Å². The van der Waals surface area contributed by atoms with Crippen molar-refractivity contribution in [2.45, 2.75) is 32.3 Å². The summed E-state index contributed by atoms with van der Waals surface area (Å²) in [6, 6.07) is 8.91. The minimum absolute atomic E-state index is 0.412. The number of methoxy groups -OCH3 is 1. The summed E-state index contributed by atoms with van der Waals surface area (Å²) < 4.78 is 5.40. The van der Waals surface area contributed by atoms with Crippen molar-refractivity contribution >= 4 is 5.69 Å². The van der Waals surface area contributed by atoms with Crippen molar-refractivity contribution in [2.75, 3.05) is 25.1 Å². The van der Waals surface area contributed by atoms with E-state index in [-0.39, 0.29) is 0 Å². The van der Waals surface area contributed by atoms with E-state index in [4.69, 9.17) is 4.74 Å². The van der Waals surface area contributed by atoms with E-state index in [2.05, 4.69) is 36.1 Å². The number of ether oxygens (including phenoxy) is 1. The fourth-order valence-corrected chi connectivity index (χ4v) is 2.35. The highest BCUT2D eigenvalue weighted by Gasteiger charge is 2.22. The molecule has 1 aliphatic heterocycles. The second-order valence-corrected chi connectivity index (χ2v) is 4.51. The van der Waals surface area contributed by atoms with Crippen LogP contribution in [0.25, 0.3) is 0 Å². The van der Waals surface area contributed by atoms with Crippen LogP contribution in [0, 0.1) is 0 Å². The molecule has 0 N–H and O–H groups in total. The Balaban J connectivity index is 2.06. The summed E-state index contributed by atoms with van der Waals surface area (Å²) >= 11 is 0. The third-order valence-corrected chi connectivity index (χ3v) is 3.29. The minimum Gasteiger partial charge on any atom is -0.380 e. The highest BCUT2D eigenvalue weighted by atomic mass is 16.5. The van der Waals surface area contributed by atoms with Gasteiger partial charge >= 0.3 is 0 Å². The monoisotopic (exact) mass is 219 g/mol. The molecular formula is C14H21NO. The topological polar surface area (TPSA) is 12.5 Å². The van der Waals surface area contributed by atoms with Gasteiger partial charge in [0.15, 0.2) is 0 Å². The summed E-state index contributed by atoms with van der Waals surface area (Å²) in [7, 11) is 1.81. The number of aryl methyl sites for hydroxylation is 1. The van der Waals surface area contributed by atoms with Gasteiger partial charge < -0.3 is 9.64 Å². The second kappa shape index (κ2) is 5.35. The maximum atomic E-state index is 5.40. The van der Waals surface area contributed by atoms with Crippen LogP contribution in [0.3, 0.4) is 0 Å². The van der Waals surface area contributed by atoms with Crippen LogP contribution in [0.15, 0.2) is 24.3 Å². The van der Waals surface area contributed by atoms with Crippen molar-refractivity contribution in [2.24, 2.45) is 0 Å². The predicted octanol–water partition coefficient (Wildman–Crippen LogP) is 2.86. The van der Waals surface area contributed by atoms with Gasteiger partial charge in [0.25, 0.3) is 0 Å². The van der Waals surface area contributed by atoms with Crippen LogP contribution in [0.1, 0.15) is 25.3 Å². The molecular weight excluding hydrogens is 198 g/mol. The molecule has 0 radical (unpaired) electrons. The lowest BCUT2D eigenvalue weighted by molar-refractivity contribution is 0.121. The molecule has 1 atom stereocenters. The molecule has 2 nitrogen and oxygen atoms in total. The van der Waals surface area contributed by atoms with Gasteiger partial charge in [-0.2, -0.15) is 0 Å². The van der Waals surface area contributed by atoms with Gasteiger partial charge in [-0.15, -0.1) is 0 Å². The summed E-state index contributed by atoms with van der Waals surface area (Å²) in [4.78, 5) is 2.42. The van der Waals surface area contributed by atoms with Gasteiger partial charge in [-0.05, 0) is 30.5 Å². The molecule has 1 aromatic rings. The van der Waals surface area contributed by atoms with Crippen molar-refractivity contribution < 1.29 is 4.74 Å². The van der Waals surface area contributed by atoms with E-state index in [1.54, 1.807) is 0 Å². The number of anilines is 1. The van der Waals surface area contributed by atoms with Crippen LogP contribution in [-0.4, -0.2) is 26.3 Å². The molecule has 1 heterocycles. The molecule has 0 aliphatic carbocycles. The molecule has 1 aliphatic rings. The molecule has 88 valence electrons. The van der Waals surface area contributed by atoms with Gasteiger partial charge in [0.05, 0.1) is 6.10 Å². The average Bonchev–Trinajstić information content (AvgIpc) is 2.78. The summed E-state index contributed by atoms with van der Waals surface area (Å²) in [5.41, 5.74) is 2.80. The molecule has 0 saturated carbocycles. The Hall–Kier alpha value is -1.02. The normalized spacial score (nSPS) is 20.4. The van der Waals surface area contributed by atoms with E-state index in [1.807, 2.05) is 7.11 Å². The Morgan fingerprint density at radius 2 is 2.31 bits per heavy atom. The van der Waals surface area contributed by atoms with E-state index in [0.717, 1.165) is 19.5 Å². The zero-order valence-electron chi connectivity index (χ0n) is 10.3. The number of nitrogens with zero attached hydrogens (tertiary/aromatic N) is 1. The predicted molar refractivity (Wildman–Crippen MR) is 68.1 cm³/mol. The van der Waals surface area contributed by atoms with E-state index in [9.17, 15) is 0 Å². The smallest absolute Gasteiger partial charge is 0.0762 e. The average molecular weight is 219 g/mol. The third kappa shape index (κ3) is 2.56. The van der Waals surface area contributed by atoms with E-state index in [1.165, 1.54) is 24.1 Å². The summed E-state index contributed by atoms with van der Waals surface area (Å²) in [6.07, 6.45) is 3.95. The van der Waals surface area contributed by atoms with E-state index >= 15 is 0 Å². The minimum atomic E-state index is 0.412. The molecule has 1 aromatic carbocycles. The first kappa shape index (κ1) is 11.5. The molecule has 0 amide bonds. The Labute approximate surface area is 98.2 Å². The van der Waals surface area contributed by atoms with Crippen molar-refractivity contribution in [1.29, 1.82) is 0 Å². The number of rotatable bonds is 4. The van der Waals surface area contributed by atoms with Crippen molar-refractivity contribution in [1.82, 2.24) is 0 Å². The van der Waals surface area contributed by atoms with Crippen LogP contribution in [-0.2, 0) is 11.2 Å². The van der Waals surface area contributed by atoms with Gasteiger partial charge in [0.1, 0.15) is 0 Å². The molecule has 2 heteroatoms. The summed E-state index contributed by atoms with van der Waals surface area (Å²) in [5.74, 6) is 0. The number of hydrogen-bond donors (Lipinski definition) is 0. The summed E-state index contributed by atoms with van der Waals surface area (Å²) in [6.45, 7) is 4.38. The van der Waals surface area contributed by atoms with Crippen LogP contribution in [0.5, 0.6) is 0 Å². The van der Waals surface area contributed by atoms with Crippen molar-refractivity contribution in [3.8, 4) is 0 Å². The molecule has 1 unspecified atom stereocenters. The second-order valence-electron chi connectivity index (χ2n) is 4.51. The Morgan fingerprint density at radius 3 is 3.00 bits per heavy atom. The fraction of sp³-hybridized carbons (Fsp3) is 0.571. The first-order chi connectivity index (χ1) is 7.83.